The van der Waals surface area contributed by atoms with E-state index in [4.69, 9.17) is 20.8 Å². The second-order valence-electron chi connectivity index (χ2n) is 6.19. The molecular weight excluding hydrogens is 386 g/mol. The van der Waals surface area contributed by atoms with Crippen molar-refractivity contribution >= 4 is 52.1 Å². The zero-order valence-corrected chi connectivity index (χ0v) is 16.3. The molecule has 0 unspecified atom stereocenters. The van der Waals surface area contributed by atoms with E-state index in [1.807, 2.05) is 31.2 Å². The van der Waals surface area contributed by atoms with E-state index in [0.29, 0.717) is 34.1 Å². The van der Waals surface area contributed by atoms with E-state index < -0.39 is 0 Å². The van der Waals surface area contributed by atoms with Gasteiger partial charge in [-0.25, -0.2) is 4.99 Å². The molecule has 4 rings (SSSR count). The lowest BCUT2D eigenvalue weighted by Gasteiger charge is -2.26. The van der Waals surface area contributed by atoms with Crippen LogP contribution in [0.3, 0.4) is 0 Å². The quantitative estimate of drug-likeness (QED) is 0.785. The van der Waals surface area contributed by atoms with Gasteiger partial charge in [0.2, 0.25) is 0 Å². The lowest BCUT2D eigenvalue weighted by Crippen LogP contribution is -2.35. The number of nitrogens with one attached hydrogen (secondary N) is 1. The van der Waals surface area contributed by atoms with Crippen LogP contribution in [0.2, 0.25) is 5.02 Å². The first kappa shape index (κ1) is 18.2. The number of aliphatic imine (C=N–C) groups is 1. The second-order valence-corrected chi connectivity index (χ2v) is 7.66. The first-order valence-electron chi connectivity index (χ1n) is 8.57. The van der Waals surface area contributed by atoms with Crippen molar-refractivity contribution in [2.24, 2.45) is 4.99 Å². The molecule has 2 aromatic rings. The van der Waals surface area contributed by atoms with Crippen LogP contribution >= 0.6 is 23.4 Å². The van der Waals surface area contributed by atoms with Gasteiger partial charge in [0, 0.05) is 30.3 Å². The maximum atomic E-state index is 12.3. The van der Waals surface area contributed by atoms with Gasteiger partial charge in [-0.3, -0.25) is 4.79 Å². The molecular formula is C19H18ClN3O3S. The van der Waals surface area contributed by atoms with Crippen molar-refractivity contribution in [1.29, 1.82) is 0 Å². The monoisotopic (exact) mass is 403 g/mol. The average molecular weight is 404 g/mol. The van der Waals surface area contributed by atoms with Crippen molar-refractivity contribution in [3.63, 3.8) is 0 Å². The van der Waals surface area contributed by atoms with E-state index in [1.165, 1.54) is 11.8 Å². The first-order valence-corrected chi connectivity index (χ1v) is 9.76. The average Bonchev–Trinajstić information content (AvgIpc) is 3.26. The normalized spacial score (nSPS) is 20.5. The highest BCUT2D eigenvalue weighted by Crippen LogP contribution is 2.31. The van der Waals surface area contributed by atoms with Crippen LogP contribution in [0, 0.1) is 6.92 Å². The Hall–Kier alpha value is -2.22. The zero-order valence-electron chi connectivity index (χ0n) is 14.7. The number of hydrogen-bond acceptors (Lipinski definition) is 6. The molecule has 1 N–H and O–H groups in total. The summed E-state index contributed by atoms with van der Waals surface area (Å²) in [5, 5.41) is 3.99. The van der Waals surface area contributed by atoms with Gasteiger partial charge in [-0.15, -0.1) is 0 Å². The lowest BCUT2D eigenvalue weighted by atomic mass is 10.2. The Kier molecular flexibility index (Phi) is 5.24. The van der Waals surface area contributed by atoms with Crippen molar-refractivity contribution in [2.45, 2.75) is 6.92 Å². The van der Waals surface area contributed by atoms with Crippen LogP contribution in [0.25, 0.3) is 6.08 Å². The van der Waals surface area contributed by atoms with Crippen molar-refractivity contribution in [3.05, 3.63) is 51.6 Å². The number of amidine groups is 1. The molecule has 27 heavy (non-hydrogen) atoms. The van der Waals surface area contributed by atoms with Gasteiger partial charge in [0.1, 0.15) is 5.76 Å². The fourth-order valence-electron chi connectivity index (χ4n) is 2.84. The van der Waals surface area contributed by atoms with Crippen LogP contribution in [0.15, 0.2) is 44.6 Å². The fourth-order valence-corrected chi connectivity index (χ4v) is 3.88. The number of anilines is 1. The molecule has 2 fully saturated rings. The number of halogens is 1. The molecule has 2 saturated heterocycles. The molecule has 2 aliphatic heterocycles. The molecule has 0 bridgehead atoms. The van der Waals surface area contributed by atoms with Crippen molar-refractivity contribution in [2.75, 3.05) is 31.2 Å². The molecule has 0 saturated carbocycles. The number of rotatable bonds is 3. The van der Waals surface area contributed by atoms with Gasteiger partial charge < -0.3 is 19.4 Å². The van der Waals surface area contributed by atoms with Crippen LogP contribution in [0.1, 0.15) is 11.3 Å². The predicted molar refractivity (Wildman–Crippen MR) is 109 cm³/mol. The summed E-state index contributed by atoms with van der Waals surface area (Å²) in [6, 6.07) is 9.24. The van der Waals surface area contributed by atoms with Crippen LogP contribution < -0.4 is 10.2 Å². The van der Waals surface area contributed by atoms with E-state index in [0.717, 1.165) is 30.2 Å². The molecule has 1 aromatic heterocycles. The SMILES string of the molecule is Cc1cc(Cl)ccc1N=C1NC(=O)/C(=C/c2ccc(N3CCOCC3)o2)S1. The van der Waals surface area contributed by atoms with Crippen molar-refractivity contribution < 1.29 is 13.9 Å². The van der Waals surface area contributed by atoms with Crippen molar-refractivity contribution in [3.8, 4) is 0 Å². The summed E-state index contributed by atoms with van der Waals surface area (Å²) < 4.78 is 11.2. The van der Waals surface area contributed by atoms with Gasteiger partial charge in [-0.1, -0.05) is 11.6 Å². The summed E-state index contributed by atoms with van der Waals surface area (Å²) in [7, 11) is 0. The molecule has 0 atom stereocenters. The van der Waals surface area contributed by atoms with E-state index in [2.05, 4.69) is 15.2 Å². The summed E-state index contributed by atoms with van der Waals surface area (Å²) in [6.07, 6.45) is 1.74. The summed E-state index contributed by atoms with van der Waals surface area (Å²) in [5.41, 5.74) is 1.72. The summed E-state index contributed by atoms with van der Waals surface area (Å²) in [4.78, 5) is 19.4. The van der Waals surface area contributed by atoms with Crippen molar-refractivity contribution in [1.82, 2.24) is 5.32 Å². The lowest BCUT2D eigenvalue weighted by molar-refractivity contribution is -0.115. The first-order chi connectivity index (χ1) is 13.1. The molecule has 1 amide bonds. The molecule has 6 nitrogen and oxygen atoms in total. The molecule has 8 heteroatoms. The Bertz CT molecular complexity index is 932. The third-order valence-corrected chi connectivity index (χ3v) is 5.39. The summed E-state index contributed by atoms with van der Waals surface area (Å²) in [6.45, 7) is 4.92. The number of thioether (sulfide) groups is 1. The van der Waals surface area contributed by atoms with Crippen LogP contribution in [-0.2, 0) is 9.53 Å². The van der Waals surface area contributed by atoms with E-state index in [9.17, 15) is 4.79 Å². The number of morpholine rings is 1. The minimum atomic E-state index is -0.185. The van der Waals surface area contributed by atoms with Gasteiger partial charge in [0.05, 0.1) is 23.8 Å². The van der Waals surface area contributed by atoms with Crippen LogP contribution in [0.4, 0.5) is 11.6 Å². The largest absolute Gasteiger partial charge is 0.441 e. The summed E-state index contributed by atoms with van der Waals surface area (Å²) >= 11 is 7.27. The number of amides is 1. The highest BCUT2D eigenvalue weighted by atomic mass is 35.5. The number of carbonyl (C=O) groups excluding carboxylic acids is 1. The third-order valence-electron chi connectivity index (χ3n) is 4.24. The predicted octanol–water partition coefficient (Wildman–Crippen LogP) is 3.97. The number of aryl methyl sites for hydroxylation is 1. The number of benzene rings is 1. The number of hydrogen-bond donors (Lipinski definition) is 1. The van der Waals surface area contributed by atoms with E-state index in [1.54, 1.807) is 12.1 Å². The maximum absolute atomic E-state index is 12.3. The number of carbonyl (C=O) groups is 1. The van der Waals surface area contributed by atoms with Gasteiger partial charge in [-0.2, -0.15) is 0 Å². The minimum Gasteiger partial charge on any atom is -0.441 e. The van der Waals surface area contributed by atoms with E-state index in [-0.39, 0.29) is 5.91 Å². The van der Waals surface area contributed by atoms with Crippen LogP contribution in [0.5, 0.6) is 0 Å². The molecule has 1 aromatic carbocycles. The van der Waals surface area contributed by atoms with Gasteiger partial charge in [0.15, 0.2) is 11.1 Å². The molecule has 0 aliphatic carbocycles. The molecule has 2 aliphatic rings. The number of ether oxygens (including phenoxy) is 1. The fraction of sp³-hybridized carbons (Fsp3) is 0.263. The number of furan rings is 1. The third kappa shape index (κ3) is 4.21. The molecule has 3 heterocycles. The van der Waals surface area contributed by atoms with Crippen LogP contribution in [-0.4, -0.2) is 37.4 Å². The Labute approximate surface area is 166 Å². The standard InChI is InChI=1S/C19H18ClN3O3S/c1-12-10-13(20)2-4-15(12)21-19-22-18(24)16(27-19)11-14-3-5-17(26-14)23-6-8-25-9-7-23/h2-5,10-11H,6-9H2,1H3,(H,21,22,24)/b16-11-. The topological polar surface area (TPSA) is 67.1 Å². The summed E-state index contributed by atoms with van der Waals surface area (Å²) in [5.74, 6) is 1.24. The molecule has 0 radical (unpaired) electrons. The highest BCUT2D eigenvalue weighted by Gasteiger charge is 2.25. The Morgan fingerprint density at radius 1 is 1.26 bits per heavy atom. The minimum absolute atomic E-state index is 0.185. The maximum Gasteiger partial charge on any atom is 0.264 e. The number of nitrogens with zero attached hydrogens (tertiary/aromatic N) is 2. The Balaban J connectivity index is 1.50. The smallest absolute Gasteiger partial charge is 0.264 e. The Morgan fingerprint density at radius 3 is 2.85 bits per heavy atom. The van der Waals surface area contributed by atoms with Gasteiger partial charge in [0.25, 0.3) is 5.91 Å². The molecule has 0 spiro atoms. The zero-order chi connectivity index (χ0) is 18.8. The van der Waals surface area contributed by atoms with Gasteiger partial charge in [-0.05, 0) is 48.5 Å². The van der Waals surface area contributed by atoms with E-state index >= 15 is 0 Å². The highest BCUT2D eigenvalue weighted by molar-refractivity contribution is 8.18. The molecule has 140 valence electrons. The second kappa shape index (κ2) is 7.80. The van der Waals surface area contributed by atoms with Gasteiger partial charge >= 0.3 is 0 Å². The Morgan fingerprint density at radius 2 is 2.07 bits per heavy atom.